The van der Waals surface area contributed by atoms with E-state index in [0.717, 1.165) is 15.1 Å². The third-order valence-electron chi connectivity index (χ3n) is 4.16. The molecule has 4 rings (SSSR count). The maximum absolute atomic E-state index is 13.1. The zero-order valence-electron chi connectivity index (χ0n) is 15.4. The first-order chi connectivity index (χ1) is 14.2. The van der Waals surface area contributed by atoms with E-state index >= 15 is 0 Å². The molecule has 3 heterocycles. The highest BCUT2D eigenvalue weighted by atomic mass is 35.5. The van der Waals surface area contributed by atoms with Crippen LogP contribution in [0.1, 0.15) is 10.4 Å². The quantitative estimate of drug-likeness (QED) is 0.362. The van der Waals surface area contributed by atoms with Gasteiger partial charge in [-0.3, -0.25) is 14.7 Å². The molecule has 0 spiro atoms. The van der Waals surface area contributed by atoms with Crippen molar-refractivity contribution in [1.82, 2.24) is 9.97 Å². The molecule has 1 aromatic carbocycles. The van der Waals surface area contributed by atoms with Crippen molar-refractivity contribution in [2.24, 2.45) is 0 Å². The lowest BCUT2D eigenvalue weighted by Gasteiger charge is -2.18. The van der Waals surface area contributed by atoms with Gasteiger partial charge in [-0.1, -0.05) is 35.1 Å². The van der Waals surface area contributed by atoms with Crippen LogP contribution in [-0.2, 0) is 11.3 Å². The summed E-state index contributed by atoms with van der Waals surface area (Å²) in [6.45, 7) is 0.348. The lowest BCUT2D eigenvalue weighted by Crippen LogP contribution is -2.28. The summed E-state index contributed by atoms with van der Waals surface area (Å²) in [7, 11) is 1.59. The number of ether oxygens (including phenoxy) is 1. The van der Waals surface area contributed by atoms with E-state index in [1.54, 1.807) is 53.9 Å². The predicted octanol–water partition coefficient (Wildman–Crippen LogP) is 5.66. The molecule has 0 bridgehead atoms. The van der Waals surface area contributed by atoms with E-state index < -0.39 is 0 Å². The van der Waals surface area contributed by atoms with Crippen LogP contribution in [0.3, 0.4) is 0 Å². The van der Waals surface area contributed by atoms with Gasteiger partial charge < -0.3 is 4.74 Å². The van der Waals surface area contributed by atoms with E-state index in [1.807, 2.05) is 35.7 Å². The molecule has 3 aromatic heterocycles. The molecule has 146 valence electrons. The third kappa shape index (κ3) is 4.32. The molecule has 0 saturated carbocycles. The Morgan fingerprint density at radius 1 is 1.28 bits per heavy atom. The number of carbonyl (C=O) groups excluding carboxylic acids is 1. The fraction of sp³-hybridized carbons (Fsp3) is 0.0952. The number of hydrogen-bond acceptors (Lipinski definition) is 6. The van der Waals surface area contributed by atoms with Crippen LogP contribution < -0.4 is 9.64 Å². The molecule has 5 nitrogen and oxygen atoms in total. The number of anilines is 1. The number of thiophene rings is 1. The normalized spacial score (nSPS) is 11.2. The van der Waals surface area contributed by atoms with E-state index in [2.05, 4.69) is 9.97 Å². The van der Waals surface area contributed by atoms with Crippen LogP contribution in [0.4, 0.5) is 5.13 Å². The zero-order chi connectivity index (χ0) is 20.2. The Balaban J connectivity index is 1.74. The zero-order valence-corrected chi connectivity index (χ0v) is 17.8. The van der Waals surface area contributed by atoms with Gasteiger partial charge in [-0.05, 0) is 41.3 Å². The molecule has 0 radical (unpaired) electrons. The Hall–Kier alpha value is -2.74. The SMILES string of the molecule is COc1ccc(Cl)c2sc(N(Cc3cccnc3)C(=O)C=Cc3cccs3)nc12. The number of rotatable bonds is 6. The summed E-state index contributed by atoms with van der Waals surface area (Å²) in [5.74, 6) is 0.450. The maximum atomic E-state index is 13.1. The number of fused-ring (bicyclic) bond motifs is 1. The molecular formula is C21H16ClN3O2S2. The Bertz CT molecular complexity index is 1160. The average molecular weight is 442 g/mol. The number of aromatic nitrogens is 2. The number of pyridine rings is 1. The standard InChI is InChI=1S/C21H16ClN3O2S2/c1-27-17-8-7-16(22)20-19(17)24-21(29-20)25(13-14-4-2-10-23-12-14)18(26)9-6-15-5-3-11-28-15/h2-12H,13H2,1H3. The third-order valence-corrected chi connectivity index (χ3v) is 6.54. The minimum absolute atomic E-state index is 0.170. The van der Waals surface area contributed by atoms with E-state index in [9.17, 15) is 4.79 Å². The molecule has 0 unspecified atom stereocenters. The summed E-state index contributed by atoms with van der Waals surface area (Å²) in [6.07, 6.45) is 6.82. The maximum Gasteiger partial charge on any atom is 0.253 e. The molecule has 29 heavy (non-hydrogen) atoms. The van der Waals surface area contributed by atoms with Crippen molar-refractivity contribution in [2.45, 2.75) is 6.54 Å². The second-order valence-electron chi connectivity index (χ2n) is 6.06. The second kappa shape index (κ2) is 8.73. The first-order valence-corrected chi connectivity index (χ1v) is 10.8. The van der Waals surface area contributed by atoms with Gasteiger partial charge >= 0.3 is 0 Å². The number of carbonyl (C=O) groups is 1. The van der Waals surface area contributed by atoms with Gasteiger partial charge in [-0.25, -0.2) is 4.98 Å². The van der Waals surface area contributed by atoms with Crippen LogP contribution in [-0.4, -0.2) is 23.0 Å². The van der Waals surface area contributed by atoms with Crippen molar-refractivity contribution in [3.63, 3.8) is 0 Å². The Morgan fingerprint density at radius 2 is 2.17 bits per heavy atom. The Morgan fingerprint density at radius 3 is 2.90 bits per heavy atom. The second-order valence-corrected chi connectivity index (χ2v) is 8.42. The number of amides is 1. The summed E-state index contributed by atoms with van der Waals surface area (Å²) >= 11 is 9.30. The monoisotopic (exact) mass is 441 g/mol. The summed E-state index contributed by atoms with van der Waals surface area (Å²) < 4.78 is 6.19. The molecule has 0 aliphatic carbocycles. The minimum Gasteiger partial charge on any atom is -0.494 e. The first kappa shape index (κ1) is 19.6. The Kier molecular flexibility index (Phi) is 5.89. The van der Waals surface area contributed by atoms with Gasteiger partial charge in [0.15, 0.2) is 5.13 Å². The average Bonchev–Trinajstić information content (AvgIpc) is 3.42. The van der Waals surface area contributed by atoms with Crippen molar-refractivity contribution in [1.29, 1.82) is 0 Å². The molecule has 1 amide bonds. The fourth-order valence-corrected chi connectivity index (χ4v) is 4.64. The van der Waals surface area contributed by atoms with Crippen molar-refractivity contribution in [3.8, 4) is 5.75 Å². The van der Waals surface area contributed by atoms with E-state index in [-0.39, 0.29) is 5.91 Å². The van der Waals surface area contributed by atoms with Crippen LogP contribution in [0.25, 0.3) is 16.3 Å². The fourth-order valence-electron chi connectivity index (χ4n) is 2.76. The van der Waals surface area contributed by atoms with Gasteiger partial charge in [0.05, 0.1) is 23.4 Å². The first-order valence-electron chi connectivity index (χ1n) is 8.70. The molecule has 4 aromatic rings. The summed E-state index contributed by atoms with van der Waals surface area (Å²) in [6, 6.07) is 11.2. The molecule has 0 atom stereocenters. The van der Waals surface area contributed by atoms with Crippen LogP contribution >= 0.6 is 34.3 Å². The molecular weight excluding hydrogens is 426 g/mol. The van der Waals surface area contributed by atoms with Crippen LogP contribution in [0.2, 0.25) is 5.02 Å². The lowest BCUT2D eigenvalue weighted by molar-refractivity contribution is -0.114. The highest BCUT2D eigenvalue weighted by Crippen LogP contribution is 2.39. The highest BCUT2D eigenvalue weighted by Gasteiger charge is 2.21. The van der Waals surface area contributed by atoms with Gasteiger partial charge in [0, 0.05) is 23.3 Å². The predicted molar refractivity (Wildman–Crippen MR) is 120 cm³/mol. The van der Waals surface area contributed by atoms with Gasteiger partial charge in [-0.2, -0.15) is 0 Å². The van der Waals surface area contributed by atoms with Crippen LogP contribution in [0, 0.1) is 0 Å². The van der Waals surface area contributed by atoms with Crippen LogP contribution in [0.5, 0.6) is 5.75 Å². The molecule has 0 aliphatic rings. The van der Waals surface area contributed by atoms with Crippen molar-refractivity contribution in [3.05, 3.63) is 75.7 Å². The summed E-state index contributed by atoms with van der Waals surface area (Å²) in [4.78, 5) is 24.5. The number of halogens is 1. The van der Waals surface area contributed by atoms with Gasteiger partial charge in [0.1, 0.15) is 11.3 Å². The van der Waals surface area contributed by atoms with Crippen molar-refractivity contribution >= 4 is 61.6 Å². The number of hydrogen-bond donors (Lipinski definition) is 0. The molecule has 8 heteroatoms. The largest absolute Gasteiger partial charge is 0.494 e. The van der Waals surface area contributed by atoms with Gasteiger partial charge in [0.2, 0.25) is 0 Å². The van der Waals surface area contributed by atoms with E-state index in [4.69, 9.17) is 16.3 Å². The molecule has 0 fully saturated rings. The number of benzene rings is 1. The summed E-state index contributed by atoms with van der Waals surface area (Å²) in [5.41, 5.74) is 1.55. The number of nitrogens with zero attached hydrogens (tertiary/aromatic N) is 3. The molecule has 0 saturated heterocycles. The lowest BCUT2D eigenvalue weighted by atomic mass is 10.2. The van der Waals surface area contributed by atoms with Crippen LogP contribution in [0.15, 0.2) is 60.2 Å². The smallest absolute Gasteiger partial charge is 0.253 e. The summed E-state index contributed by atoms with van der Waals surface area (Å²) in [5, 5.41) is 3.10. The Labute approximate surface area is 180 Å². The molecule has 0 aliphatic heterocycles. The van der Waals surface area contributed by atoms with Crippen molar-refractivity contribution < 1.29 is 9.53 Å². The van der Waals surface area contributed by atoms with Crippen molar-refractivity contribution in [2.75, 3.05) is 12.0 Å². The highest BCUT2D eigenvalue weighted by molar-refractivity contribution is 7.23. The van der Waals surface area contributed by atoms with E-state index in [1.165, 1.54) is 11.3 Å². The van der Waals surface area contributed by atoms with Gasteiger partial charge in [-0.15, -0.1) is 11.3 Å². The minimum atomic E-state index is -0.170. The molecule has 0 N–H and O–H groups in total. The van der Waals surface area contributed by atoms with Gasteiger partial charge in [0.25, 0.3) is 5.91 Å². The topological polar surface area (TPSA) is 55.3 Å². The number of thiazole rings is 1. The number of methoxy groups -OCH3 is 1. The van der Waals surface area contributed by atoms with E-state index in [0.29, 0.717) is 28.0 Å².